The molecule has 0 unspecified atom stereocenters. The van der Waals surface area contributed by atoms with Crippen LogP contribution in [0.2, 0.25) is 0 Å². The average molecular weight is 311 g/mol. The second-order valence-corrected chi connectivity index (χ2v) is 6.59. The van der Waals surface area contributed by atoms with Crippen LogP contribution in [-0.4, -0.2) is 19.3 Å². The van der Waals surface area contributed by atoms with E-state index >= 15 is 0 Å². The Labute approximate surface area is 132 Å². The number of methoxy groups -OCH3 is 1. The molecule has 0 aromatic heterocycles. The van der Waals surface area contributed by atoms with Gasteiger partial charge in [-0.2, -0.15) is 5.26 Å². The van der Waals surface area contributed by atoms with Gasteiger partial charge in [-0.3, -0.25) is 0 Å². The zero-order valence-corrected chi connectivity index (χ0v) is 14.0. The van der Waals surface area contributed by atoms with Gasteiger partial charge in [-0.05, 0) is 12.1 Å². The van der Waals surface area contributed by atoms with Gasteiger partial charge >= 0.3 is 0 Å². The summed E-state index contributed by atoms with van der Waals surface area (Å²) in [6.07, 6.45) is 0.0302. The summed E-state index contributed by atoms with van der Waals surface area (Å²) in [5, 5.41) is 8.99. The summed E-state index contributed by atoms with van der Waals surface area (Å²) < 4.78 is 11.3. The van der Waals surface area contributed by atoms with Crippen molar-refractivity contribution in [3.8, 4) is 17.6 Å². The maximum Gasteiger partial charge on any atom is 0.140 e. The van der Waals surface area contributed by atoms with Crippen molar-refractivity contribution in [3.63, 3.8) is 0 Å². The quantitative estimate of drug-likeness (QED) is 0.931. The maximum atomic E-state index is 8.99. The molecule has 1 aliphatic carbocycles. The molecule has 1 fully saturated rings. The van der Waals surface area contributed by atoms with Gasteiger partial charge in [0.2, 0.25) is 0 Å². The van der Waals surface area contributed by atoms with E-state index in [1.807, 2.05) is 0 Å². The van der Waals surface area contributed by atoms with E-state index < -0.39 is 0 Å². The summed E-state index contributed by atoms with van der Waals surface area (Å²) in [4.78, 5) is 0. The molecule has 1 saturated carbocycles. The predicted molar refractivity (Wildman–Crippen MR) is 84.9 cm³/mol. The van der Waals surface area contributed by atoms with Crippen molar-refractivity contribution in [2.24, 2.45) is 16.6 Å². The summed E-state index contributed by atoms with van der Waals surface area (Å²) in [5.74, 6) is 1.24. The van der Waals surface area contributed by atoms with Gasteiger partial charge in [-0.25, -0.2) is 0 Å². The molecule has 1 aromatic carbocycles. The lowest BCUT2D eigenvalue weighted by molar-refractivity contribution is -0.155. The molecule has 116 valence electrons. The Kier molecular flexibility index (Phi) is 4.82. The van der Waals surface area contributed by atoms with Crippen LogP contribution in [-0.2, 0) is 0 Å². The van der Waals surface area contributed by atoms with Crippen LogP contribution in [0.15, 0.2) is 18.2 Å². The van der Waals surface area contributed by atoms with Gasteiger partial charge in [0.1, 0.15) is 23.7 Å². The molecule has 4 nitrogen and oxygen atoms in total. The number of hydrogen-bond donors (Lipinski definition) is 1. The number of nitrogens with zero attached hydrogens (tertiary/aromatic N) is 1. The fourth-order valence-corrected chi connectivity index (χ4v) is 3.42. The van der Waals surface area contributed by atoms with Crippen molar-refractivity contribution >= 4 is 12.4 Å². The van der Waals surface area contributed by atoms with Crippen molar-refractivity contribution in [1.82, 2.24) is 0 Å². The van der Waals surface area contributed by atoms with Gasteiger partial charge in [0, 0.05) is 22.9 Å². The maximum absolute atomic E-state index is 8.99. The van der Waals surface area contributed by atoms with Gasteiger partial charge in [-0.15, -0.1) is 12.4 Å². The van der Waals surface area contributed by atoms with E-state index in [0.717, 1.165) is 0 Å². The van der Waals surface area contributed by atoms with Crippen molar-refractivity contribution in [3.05, 3.63) is 23.8 Å². The summed E-state index contributed by atoms with van der Waals surface area (Å²) in [7, 11) is 1.55. The lowest BCUT2D eigenvalue weighted by atomic mass is 9.50. The third kappa shape index (κ3) is 2.68. The van der Waals surface area contributed by atoms with Crippen molar-refractivity contribution in [2.75, 3.05) is 7.11 Å². The van der Waals surface area contributed by atoms with Gasteiger partial charge in [-0.1, -0.05) is 27.7 Å². The Morgan fingerprint density at radius 2 is 1.76 bits per heavy atom. The van der Waals surface area contributed by atoms with E-state index in [4.69, 9.17) is 20.5 Å². The third-order valence-corrected chi connectivity index (χ3v) is 4.50. The van der Waals surface area contributed by atoms with E-state index in [0.29, 0.717) is 17.1 Å². The second kappa shape index (κ2) is 5.75. The minimum absolute atomic E-state index is 0. The van der Waals surface area contributed by atoms with E-state index in [2.05, 4.69) is 33.8 Å². The Bertz CT molecular complexity index is 548. The zero-order chi connectivity index (χ0) is 15.1. The monoisotopic (exact) mass is 310 g/mol. The largest absolute Gasteiger partial charge is 0.495 e. The van der Waals surface area contributed by atoms with Gasteiger partial charge in [0.15, 0.2) is 0 Å². The lowest BCUT2D eigenvalue weighted by Gasteiger charge is -2.61. The van der Waals surface area contributed by atoms with E-state index in [9.17, 15) is 0 Å². The van der Waals surface area contributed by atoms with Gasteiger partial charge in [0.05, 0.1) is 12.7 Å². The number of benzene rings is 1. The molecule has 2 rings (SSSR count). The van der Waals surface area contributed by atoms with Crippen LogP contribution in [0, 0.1) is 22.2 Å². The molecule has 0 saturated heterocycles. The molecule has 0 atom stereocenters. The highest BCUT2D eigenvalue weighted by Gasteiger charge is 2.61. The molecule has 0 bridgehead atoms. The van der Waals surface area contributed by atoms with Gasteiger partial charge < -0.3 is 15.2 Å². The van der Waals surface area contributed by atoms with E-state index in [-0.39, 0.29) is 35.4 Å². The Hall–Kier alpha value is -1.44. The molecule has 0 aliphatic heterocycles. The van der Waals surface area contributed by atoms with Crippen molar-refractivity contribution < 1.29 is 9.47 Å². The summed E-state index contributed by atoms with van der Waals surface area (Å²) >= 11 is 0. The van der Waals surface area contributed by atoms with Crippen LogP contribution in [0.5, 0.6) is 11.5 Å². The number of nitrogens with two attached hydrogens (primary N) is 1. The Morgan fingerprint density at radius 1 is 1.19 bits per heavy atom. The van der Waals surface area contributed by atoms with Crippen molar-refractivity contribution in [1.29, 1.82) is 5.26 Å². The molecule has 21 heavy (non-hydrogen) atoms. The standard InChI is InChI=1S/C16H22N2O2.ClH/c1-15(2)13(18)16(3,4)14(15)20-11-7-6-10(9-17)12(8-11)19-5;/h6-8,13-14H,18H2,1-5H3;1H. The summed E-state index contributed by atoms with van der Waals surface area (Å²) in [6, 6.07) is 7.47. The minimum atomic E-state index is -0.0787. The number of hydrogen-bond acceptors (Lipinski definition) is 4. The molecule has 1 aliphatic rings. The predicted octanol–water partition coefficient (Wildman–Crippen LogP) is 3.13. The van der Waals surface area contributed by atoms with Crippen LogP contribution in [0.1, 0.15) is 33.3 Å². The van der Waals surface area contributed by atoms with E-state index in [1.165, 1.54) is 0 Å². The van der Waals surface area contributed by atoms with Crippen LogP contribution in [0.25, 0.3) is 0 Å². The van der Waals surface area contributed by atoms with Crippen LogP contribution >= 0.6 is 12.4 Å². The highest BCUT2D eigenvalue weighted by atomic mass is 35.5. The molecule has 0 amide bonds. The first-order valence-electron chi connectivity index (χ1n) is 6.75. The van der Waals surface area contributed by atoms with E-state index in [1.54, 1.807) is 25.3 Å². The molecule has 0 heterocycles. The Morgan fingerprint density at radius 3 is 2.24 bits per heavy atom. The first-order chi connectivity index (χ1) is 9.25. The lowest BCUT2D eigenvalue weighted by Crippen LogP contribution is -2.72. The highest BCUT2D eigenvalue weighted by Crippen LogP contribution is 2.54. The smallest absolute Gasteiger partial charge is 0.140 e. The molecular weight excluding hydrogens is 288 g/mol. The topological polar surface area (TPSA) is 68.3 Å². The molecular formula is C16H23ClN2O2. The number of halogens is 1. The minimum Gasteiger partial charge on any atom is -0.495 e. The SMILES string of the molecule is COc1cc(OC2C(C)(C)C(N)C2(C)C)ccc1C#N.Cl. The second-order valence-electron chi connectivity index (χ2n) is 6.59. The number of nitriles is 1. The average Bonchev–Trinajstić information content (AvgIpc) is 2.43. The van der Waals surface area contributed by atoms with Gasteiger partial charge in [0.25, 0.3) is 0 Å². The van der Waals surface area contributed by atoms with Crippen LogP contribution in [0.4, 0.5) is 0 Å². The fraction of sp³-hybridized carbons (Fsp3) is 0.562. The van der Waals surface area contributed by atoms with Crippen LogP contribution < -0.4 is 15.2 Å². The molecule has 5 heteroatoms. The summed E-state index contributed by atoms with van der Waals surface area (Å²) in [5.41, 5.74) is 6.58. The molecule has 1 aromatic rings. The molecule has 2 N–H and O–H groups in total. The number of rotatable bonds is 3. The molecule has 0 spiro atoms. The first-order valence-corrected chi connectivity index (χ1v) is 6.75. The number of ether oxygens (including phenoxy) is 2. The van der Waals surface area contributed by atoms with Crippen LogP contribution in [0.3, 0.4) is 0 Å². The van der Waals surface area contributed by atoms with Crippen molar-refractivity contribution in [2.45, 2.75) is 39.8 Å². The summed E-state index contributed by atoms with van der Waals surface area (Å²) in [6.45, 7) is 8.48. The zero-order valence-electron chi connectivity index (χ0n) is 13.1. The molecule has 0 radical (unpaired) electrons. The highest BCUT2D eigenvalue weighted by molar-refractivity contribution is 5.85. The Balaban J connectivity index is 0.00000220. The normalized spacial score (nSPS) is 25.0. The first kappa shape index (κ1) is 17.6. The fourth-order valence-electron chi connectivity index (χ4n) is 3.42. The third-order valence-electron chi connectivity index (χ3n) is 4.50.